The third-order valence-corrected chi connectivity index (χ3v) is 4.83. The maximum Gasteiger partial charge on any atom is 0.244 e. The van der Waals surface area contributed by atoms with Crippen molar-refractivity contribution in [2.45, 2.75) is 32.7 Å². The zero-order valence-electron chi connectivity index (χ0n) is 14.6. The molecule has 1 aromatic carbocycles. The molecule has 1 saturated heterocycles. The molecule has 0 radical (unpaired) electrons. The highest BCUT2D eigenvalue weighted by Crippen LogP contribution is 2.24. The van der Waals surface area contributed by atoms with Crippen molar-refractivity contribution in [2.75, 3.05) is 26.2 Å². The number of benzene rings is 1. The van der Waals surface area contributed by atoms with Crippen molar-refractivity contribution in [3.63, 3.8) is 0 Å². The van der Waals surface area contributed by atoms with Gasteiger partial charge in [-0.25, -0.2) is 0 Å². The molecule has 1 aliphatic heterocycles. The Morgan fingerprint density at radius 2 is 1.92 bits per heavy atom. The molecule has 3 rings (SSSR count). The highest BCUT2D eigenvalue weighted by molar-refractivity contribution is 6.30. The first-order chi connectivity index (χ1) is 12.1. The summed E-state index contributed by atoms with van der Waals surface area (Å²) in [5.74, 6) is 1.41. The summed E-state index contributed by atoms with van der Waals surface area (Å²) in [6.45, 7) is 7.22. The van der Waals surface area contributed by atoms with Crippen molar-refractivity contribution in [1.29, 1.82) is 0 Å². The Bertz CT molecular complexity index is 708. The van der Waals surface area contributed by atoms with Gasteiger partial charge in [-0.2, -0.15) is 4.98 Å². The molecule has 2 aromatic rings. The molecule has 7 heteroatoms. The number of nitrogens with zero attached hydrogens (tertiary/aromatic N) is 4. The Balaban J connectivity index is 1.62. The molecule has 0 N–H and O–H groups in total. The fourth-order valence-corrected chi connectivity index (χ4v) is 3.13. The molecule has 1 aromatic heterocycles. The van der Waals surface area contributed by atoms with Gasteiger partial charge in [-0.05, 0) is 37.6 Å². The van der Waals surface area contributed by atoms with E-state index in [1.165, 1.54) is 0 Å². The highest BCUT2D eigenvalue weighted by atomic mass is 35.5. The number of carbonyl (C=O) groups is 1. The molecule has 1 aliphatic rings. The van der Waals surface area contributed by atoms with E-state index in [2.05, 4.69) is 22.0 Å². The van der Waals surface area contributed by atoms with Crippen LogP contribution in [0.1, 0.15) is 38.6 Å². The predicted molar refractivity (Wildman–Crippen MR) is 96.2 cm³/mol. The summed E-state index contributed by atoms with van der Waals surface area (Å²) >= 11 is 5.91. The van der Waals surface area contributed by atoms with Crippen molar-refractivity contribution in [2.24, 2.45) is 0 Å². The lowest BCUT2D eigenvalue weighted by Crippen LogP contribution is -2.49. The largest absolute Gasteiger partial charge is 0.340 e. The van der Waals surface area contributed by atoms with Crippen LogP contribution in [0, 0.1) is 0 Å². The van der Waals surface area contributed by atoms with E-state index in [1.807, 2.05) is 36.1 Å². The third-order valence-electron chi connectivity index (χ3n) is 4.58. The first-order valence-corrected chi connectivity index (χ1v) is 9.07. The van der Waals surface area contributed by atoms with Crippen LogP contribution < -0.4 is 0 Å². The Kier molecular flexibility index (Phi) is 5.71. The van der Waals surface area contributed by atoms with Gasteiger partial charge < -0.3 is 9.42 Å². The Morgan fingerprint density at radius 1 is 1.24 bits per heavy atom. The van der Waals surface area contributed by atoms with Crippen LogP contribution in [-0.2, 0) is 4.79 Å². The van der Waals surface area contributed by atoms with Crippen LogP contribution >= 0.6 is 11.6 Å². The summed E-state index contributed by atoms with van der Waals surface area (Å²) in [4.78, 5) is 20.7. The fraction of sp³-hybridized carbons (Fsp3) is 0.500. The quantitative estimate of drug-likeness (QED) is 0.815. The zero-order chi connectivity index (χ0) is 17.8. The van der Waals surface area contributed by atoms with Crippen LogP contribution in [-0.4, -0.2) is 52.0 Å². The van der Waals surface area contributed by atoms with E-state index < -0.39 is 0 Å². The summed E-state index contributed by atoms with van der Waals surface area (Å²) in [6, 6.07) is 7.39. The SMILES string of the molecule is CCCC(=O)N1CCN([C@@H](C)c2nc(-c3ccc(Cl)cc3)no2)CC1. The van der Waals surface area contributed by atoms with Crippen LogP contribution in [0.25, 0.3) is 11.4 Å². The molecule has 1 atom stereocenters. The molecular formula is C18H23ClN4O2. The number of carbonyl (C=O) groups excluding carboxylic acids is 1. The number of piperazine rings is 1. The second kappa shape index (κ2) is 7.97. The minimum Gasteiger partial charge on any atom is -0.340 e. The summed E-state index contributed by atoms with van der Waals surface area (Å²) in [5.41, 5.74) is 0.876. The minimum atomic E-state index is 0.0250. The molecule has 2 heterocycles. The van der Waals surface area contributed by atoms with Crippen LogP contribution in [0.3, 0.4) is 0 Å². The Labute approximate surface area is 152 Å². The summed E-state index contributed by atoms with van der Waals surface area (Å²) in [5, 5.41) is 4.76. The normalized spacial score (nSPS) is 16.8. The standard InChI is InChI=1S/C18H23ClN4O2/c1-3-4-16(24)23-11-9-22(10-12-23)13(2)18-20-17(21-25-18)14-5-7-15(19)8-6-14/h5-8,13H,3-4,9-12H2,1-2H3/t13-/m0/s1. The minimum absolute atomic E-state index is 0.0250. The van der Waals surface area contributed by atoms with E-state index in [-0.39, 0.29) is 11.9 Å². The van der Waals surface area contributed by atoms with Gasteiger partial charge in [0.05, 0.1) is 6.04 Å². The molecule has 0 unspecified atom stereocenters. The predicted octanol–water partition coefficient (Wildman–Crippen LogP) is 3.40. The van der Waals surface area contributed by atoms with Gasteiger partial charge >= 0.3 is 0 Å². The second-order valence-electron chi connectivity index (χ2n) is 6.31. The van der Waals surface area contributed by atoms with Crippen molar-refractivity contribution in [3.05, 3.63) is 35.2 Å². The van der Waals surface area contributed by atoms with Crippen molar-refractivity contribution >= 4 is 17.5 Å². The van der Waals surface area contributed by atoms with Crippen molar-refractivity contribution in [1.82, 2.24) is 19.9 Å². The first kappa shape index (κ1) is 17.9. The molecular weight excluding hydrogens is 340 g/mol. The first-order valence-electron chi connectivity index (χ1n) is 8.70. The van der Waals surface area contributed by atoms with Gasteiger partial charge in [-0.15, -0.1) is 0 Å². The Hall–Kier alpha value is -1.92. The third kappa shape index (κ3) is 4.19. The lowest BCUT2D eigenvalue weighted by molar-refractivity contribution is -0.133. The molecule has 1 fully saturated rings. The zero-order valence-corrected chi connectivity index (χ0v) is 15.4. The van der Waals surface area contributed by atoms with E-state index in [9.17, 15) is 4.79 Å². The van der Waals surface area contributed by atoms with Gasteiger partial charge in [0.2, 0.25) is 17.6 Å². The van der Waals surface area contributed by atoms with Crippen LogP contribution in [0.4, 0.5) is 0 Å². The summed E-state index contributed by atoms with van der Waals surface area (Å²) in [7, 11) is 0. The van der Waals surface area contributed by atoms with Crippen LogP contribution in [0.5, 0.6) is 0 Å². The number of aromatic nitrogens is 2. The highest BCUT2D eigenvalue weighted by Gasteiger charge is 2.27. The van der Waals surface area contributed by atoms with Gasteiger partial charge in [-0.3, -0.25) is 9.69 Å². The number of hydrogen-bond donors (Lipinski definition) is 0. The van der Waals surface area contributed by atoms with E-state index in [1.54, 1.807) is 0 Å². The molecule has 0 saturated carbocycles. The van der Waals surface area contributed by atoms with Gasteiger partial charge in [0.25, 0.3) is 0 Å². The fourth-order valence-electron chi connectivity index (χ4n) is 3.01. The summed E-state index contributed by atoms with van der Waals surface area (Å²) in [6.07, 6.45) is 1.52. The monoisotopic (exact) mass is 362 g/mol. The topological polar surface area (TPSA) is 62.5 Å². The van der Waals surface area contributed by atoms with Crippen LogP contribution in [0.15, 0.2) is 28.8 Å². The molecule has 0 spiro atoms. The average molecular weight is 363 g/mol. The number of hydrogen-bond acceptors (Lipinski definition) is 5. The number of halogens is 1. The second-order valence-corrected chi connectivity index (χ2v) is 6.74. The summed E-state index contributed by atoms with van der Waals surface area (Å²) < 4.78 is 5.46. The van der Waals surface area contributed by atoms with Gasteiger partial charge in [-0.1, -0.05) is 23.7 Å². The lowest BCUT2D eigenvalue weighted by atomic mass is 10.2. The molecule has 0 aliphatic carbocycles. The average Bonchev–Trinajstić information content (AvgIpc) is 3.12. The maximum absolute atomic E-state index is 12.0. The molecule has 1 amide bonds. The molecule has 0 bridgehead atoms. The number of rotatable bonds is 5. The van der Waals surface area contributed by atoms with E-state index in [0.29, 0.717) is 23.2 Å². The van der Waals surface area contributed by atoms with E-state index in [0.717, 1.165) is 38.2 Å². The van der Waals surface area contributed by atoms with Crippen LogP contribution in [0.2, 0.25) is 5.02 Å². The molecule has 6 nitrogen and oxygen atoms in total. The Morgan fingerprint density at radius 3 is 2.56 bits per heavy atom. The van der Waals surface area contributed by atoms with Gasteiger partial charge in [0.1, 0.15) is 0 Å². The number of amides is 1. The van der Waals surface area contributed by atoms with Crippen molar-refractivity contribution < 1.29 is 9.32 Å². The van der Waals surface area contributed by atoms with Crippen molar-refractivity contribution in [3.8, 4) is 11.4 Å². The molecule has 25 heavy (non-hydrogen) atoms. The van der Waals surface area contributed by atoms with E-state index in [4.69, 9.17) is 16.1 Å². The maximum atomic E-state index is 12.0. The van der Waals surface area contributed by atoms with Gasteiger partial charge in [0.15, 0.2) is 0 Å². The van der Waals surface area contributed by atoms with E-state index >= 15 is 0 Å². The molecule has 134 valence electrons. The smallest absolute Gasteiger partial charge is 0.244 e. The van der Waals surface area contributed by atoms with Gasteiger partial charge in [0, 0.05) is 43.2 Å². The lowest BCUT2D eigenvalue weighted by Gasteiger charge is -2.36.